The normalized spacial score (nSPS) is 13.9. The third-order valence-corrected chi connectivity index (χ3v) is 5.21. The third-order valence-electron chi connectivity index (χ3n) is 5.21. The van der Waals surface area contributed by atoms with Gasteiger partial charge in [-0.1, -0.05) is 13.0 Å². The number of rotatable bonds is 8. The molecule has 0 saturated carbocycles. The smallest absolute Gasteiger partial charge is 0.238 e. The predicted octanol–water partition coefficient (Wildman–Crippen LogP) is 3.04. The van der Waals surface area contributed by atoms with Crippen LogP contribution >= 0.6 is 0 Å². The van der Waals surface area contributed by atoms with Gasteiger partial charge in [-0.15, -0.1) is 0 Å². The van der Waals surface area contributed by atoms with Gasteiger partial charge in [0.1, 0.15) is 0 Å². The molecule has 2 aromatic carbocycles. The van der Waals surface area contributed by atoms with Crippen molar-refractivity contribution < 1.29 is 14.3 Å². The Bertz CT molecular complexity index is 872. The number of aryl methyl sites for hydroxylation is 2. The van der Waals surface area contributed by atoms with Gasteiger partial charge in [0.2, 0.25) is 11.8 Å². The van der Waals surface area contributed by atoms with E-state index in [2.05, 4.69) is 21.6 Å². The van der Waals surface area contributed by atoms with E-state index >= 15 is 0 Å². The summed E-state index contributed by atoms with van der Waals surface area (Å²) in [6, 6.07) is 13.8. The van der Waals surface area contributed by atoms with Crippen LogP contribution in [0.25, 0.3) is 0 Å². The van der Waals surface area contributed by atoms with E-state index in [-0.39, 0.29) is 24.9 Å². The van der Waals surface area contributed by atoms with Crippen LogP contribution < -0.4 is 15.5 Å². The van der Waals surface area contributed by atoms with E-state index in [0.29, 0.717) is 6.54 Å². The Labute approximate surface area is 184 Å². The molecule has 7 nitrogen and oxygen atoms in total. The molecule has 1 fully saturated rings. The van der Waals surface area contributed by atoms with Crippen LogP contribution in [0.4, 0.5) is 17.1 Å². The highest BCUT2D eigenvalue weighted by atomic mass is 16.5. The van der Waals surface area contributed by atoms with Crippen molar-refractivity contribution in [3.63, 3.8) is 0 Å². The van der Waals surface area contributed by atoms with E-state index in [4.69, 9.17) is 4.74 Å². The van der Waals surface area contributed by atoms with Crippen molar-refractivity contribution in [2.75, 3.05) is 61.5 Å². The first-order chi connectivity index (χ1) is 14.9. The van der Waals surface area contributed by atoms with Crippen molar-refractivity contribution >= 4 is 28.9 Å². The molecule has 1 aliphatic rings. The number of hydrogen-bond donors (Lipinski definition) is 2. The molecule has 1 saturated heterocycles. The SMILES string of the molecule is CCN(CC(=O)Nc1ccc(N2CCOCC2)cc1)CC(=O)Nc1cc(C)cc(C)c1. The Balaban J connectivity index is 1.49. The molecule has 0 aromatic heterocycles. The lowest BCUT2D eigenvalue weighted by atomic mass is 10.1. The van der Waals surface area contributed by atoms with E-state index in [1.807, 2.05) is 62.1 Å². The van der Waals surface area contributed by atoms with Crippen molar-refractivity contribution in [1.82, 2.24) is 4.90 Å². The van der Waals surface area contributed by atoms with Crippen molar-refractivity contribution in [2.24, 2.45) is 0 Å². The summed E-state index contributed by atoms with van der Waals surface area (Å²) in [4.78, 5) is 29.0. The molecule has 0 atom stereocenters. The summed E-state index contributed by atoms with van der Waals surface area (Å²) in [5, 5.41) is 5.84. The van der Waals surface area contributed by atoms with E-state index in [9.17, 15) is 9.59 Å². The Morgan fingerprint density at radius 3 is 2.00 bits per heavy atom. The standard InChI is InChI=1S/C24H32N4O3/c1-4-27(17-24(30)26-21-14-18(2)13-19(3)15-21)16-23(29)25-20-5-7-22(8-6-20)28-9-11-31-12-10-28/h5-8,13-15H,4,9-12,16-17H2,1-3H3,(H,25,29)(H,26,30). The summed E-state index contributed by atoms with van der Waals surface area (Å²) < 4.78 is 5.38. The number of anilines is 3. The average Bonchev–Trinajstić information content (AvgIpc) is 2.73. The van der Waals surface area contributed by atoms with Crippen molar-refractivity contribution in [3.05, 3.63) is 53.6 Å². The lowest BCUT2D eigenvalue weighted by Gasteiger charge is -2.29. The molecule has 1 aliphatic heterocycles. The summed E-state index contributed by atoms with van der Waals surface area (Å²) in [6.07, 6.45) is 0. The van der Waals surface area contributed by atoms with E-state index in [0.717, 1.165) is 54.5 Å². The second-order valence-corrected chi connectivity index (χ2v) is 7.92. The second kappa shape index (κ2) is 10.9. The largest absolute Gasteiger partial charge is 0.378 e. The van der Waals surface area contributed by atoms with E-state index in [1.54, 1.807) is 0 Å². The highest BCUT2D eigenvalue weighted by Crippen LogP contribution is 2.19. The zero-order valence-corrected chi connectivity index (χ0v) is 18.6. The first-order valence-corrected chi connectivity index (χ1v) is 10.8. The van der Waals surface area contributed by atoms with Gasteiger partial charge in [-0.3, -0.25) is 14.5 Å². The van der Waals surface area contributed by atoms with Gasteiger partial charge in [0.15, 0.2) is 0 Å². The number of morpholine rings is 1. The Hall–Kier alpha value is -2.90. The molecule has 0 unspecified atom stereocenters. The molecule has 0 aliphatic carbocycles. The zero-order chi connectivity index (χ0) is 22.2. The number of hydrogen-bond acceptors (Lipinski definition) is 5. The van der Waals surface area contributed by atoms with Crippen LogP contribution in [-0.4, -0.2) is 62.7 Å². The molecule has 2 N–H and O–H groups in total. The van der Waals surface area contributed by atoms with Gasteiger partial charge >= 0.3 is 0 Å². The van der Waals surface area contributed by atoms with Gasteiger partial charge in [0.05, 0.1) is 26.3 Å². The first kappa shape index (κ1) is 22.8. The first-order valence-electron chi connectivity index (χ1n) is 10.8. The Kier molecular flexibility index (Phi) is 8.03. The number of amides is 2. The van der Waals surface area contributed by atoms with Crippen LogP contribution in [-0.2, 0) is 14.3 Å². The van der Waals surface area contributed by atoms with Crippen molar-refractivity contribution in [3.8, 4) is 0 Å². The molecule has 0 radical (unpaired) electrons. The quantitative estimate of drug-likeness (QED) is 0.681. The molecule has 166 valence electrons. The molecule has 0 spiro atoms. The molecule has 2 amide bonds. The highest BCUT2D eigenvalue weighted by molar-refractivity contribution is 5.94. The van der Waals surface area contributed by atoms with Gasteiger partial charge in [-0.25, -0.2) is 0 Å². The maximum absolute atomic E-state index is 12.5. The Morgan fingerprint density at radius 2 is 1.45 bits per heavy atom. The van der Waals surface area contributed by atoms with Crippen LogP contribution in [0, 0.1) is 13.8 Å². The molecule has 2 aromatic rings. The molecule has 3 rings (SSSR count). The number of carbonyl (C=O) groups excluding carboxylic acids is 2. The fraction of sp³-hybridized carbons (Fsp3) is 0.417. The van der Waals surface area contributed by atoms with Crippen LogP contribution in [0.2, 0.25) is 0 Å². The minimum atomic E-state index is -0.139. The number of nitrogens with one attached hydrogen (secondary N) is 2. The lowest BCUT2D eigenvalue weighted by Crippen LogP contribution is -2.38. The predicted molar refractivity (Wildman–Crippen MR) is 125 cm³/mol. The van der Waals surface area contributed by atoms with E-state index in [1.165, 1.54) is 0 Å². The average molecular weight is 425 g/mol. The molecule has 1 heterocycles. The molecule has 7 heteroatoms. The molecule has 31 heavy (non-hydrogen) atoms. The minimum Gasteiger partial charge on any atom is -0.378 e. The fourth-order valence-corrected chi connectivity index (χ4v) is 3.71. The van der Waals surface area contributed by atoms with E-state index < -0.39 is 0 Å². The summed E-state index contributed by atoms with van der Waals surface area (Å²) in [6.45, 7) is 10.1. The van der Waals surface area contributed by atoms with Crippen molar-refractivity contribution in [2.45, 2.75) is 20.8 Å². The molecular weight excluding hydrogens is 392 g/mol. The highest BCUT2D eigenvalue weighted by Gasteiger charge is 2.15. The molecular formula is C24H32N4O3. The van der Waals surface area contributed by atoms with Gasteiger partial charge < -0.3 is 20.3 Å². The Morgan fingerprint density at radius 1 is 0.903 bits per heavy atom. The summed E-state index contributed by atoms with van der Waals surface area (Å²) >= 11 is 0. The minimum absolute atomic E-state index is 0.130. The van der Waals surface area contributed by atoms with Crippen LogP contribution in [0.15, 0.2) is 42.5 Å². The van der Waals surface area contributed by atoms with Crippen molar-refractivity contribution in [1.29, 1.82) is 0 Å². The maximum atomic E-state index is 12.5. The summed E-state index contributed by atoms with van der Waals surface area (Å²) in [5.41, 5.74) is 4.85. The van der Waals surface area contributed by atoms with Crippen LogP contribution in [0.1, 0.15) is 18.1 Å². The zero-order valence-electron chi connectivity index (χ0n) is 18.6. The summed E-state index contributed by atoms with van der Waals surface area (Å²) in [7, 11) is 0. The number of carbonyl (C=O) groups is 2. The maximum Gasteiger partial charge on any atom is 0.238 e. The van der Waals surface area contributed by atoms with Crippen LogP contribution in [0.5, 0.6) is 0 Å². The van der Waals surface area contributed by atoms with Gasteiger partial charge in [-0.2, -0.15) is 0 Å². The van der Waals surface area contributed by atoms with Gasteiger partial charge in [-0.05, 0) is 67.9 Å². The summed E-state index contributed by atoms with van der Waals surface area (Å²) in [5.74, 6) is -0.269. The lowest BCUT2D eigenvalue weighted by molar-refractivity contribution is -0.119. The third kappa shape index (κ3) is 7.08. The number of nitrogens with zero attached hydrogens (tertiary/aromatic N) is 2. The fourth-order valence-electron chi connectivity index (χ4n) is 3.71. The monoisotopic (exact) mass is 424 g/mol. The van der Waals surface area contributed by atoms with Gasteiger partial charge in [0.25, 0.3) is 0 Å². The molecule has 0 bridgehead atoms. The second-order valence-electron chi connectivity index (χ2n) is 7.92. The topological polar surface area (TPSA) is 73.9 Å². The van der Waals surface area contributed by atoms with Crippen LogP contribution in [0.3, 0.4) is 0 Å². The number of ether oxygens (including phenoxy) is 1. The number of benzene rings is 2. The van der Waals surface area contributed by atoms with Gasteiger partial charge in [0, 0.05) is 30.2 Å². The number of likely N-dealkylation sites (N-methyl/N-ethyl adjacent to an activating group) is 1.